The Hall–Kier alpha value is -4.20. The van der Waals surface area contributed by atoms with Crippen molar-refractivity contribution in [3.8, 4) is 11.1 Å². The lowest BCUT2D eigenvalue weighted by molar-refractivity contribution is -0.276. The van der Waals surface area contributed by atoms with Gasteiger partial charge in [-0.15, -0.1) is 0 Å². The Morgan fingerprint density at radius 1 is 0.778 bits per heavy atom. The molecule has 3 heterocycles. The van der Waals surface area contributed by atoms with Crippen molar-refractivity contribution in [1.82, 2.24) is 15.1 Å². The molecule has 0 spiro atoms. The fourth-order valence-corrected chi connectivity index (χ4v) is 8.01. The van der Waals surface area contributed by atoms with Gasteiger partial charge in [0.2, 0.25) is 5.82 Å². The highest BCUT2D eigenvalue weighted by molar-refractivity contribution is 5.95. The van der Waals surface area contributed by atoms with Crippen LogP contribution in [0.25, 0.3) is 11.1 Å². The predicted octanol–water partition coefficient (Wildman–Crippen LogP) is 7.82. The van der Waals surface area contributed by atoms with Crippen LogP contribution in [0.3, 0.4) is 0 Å². The average Bonchev–Trinajstić information content (AvgIpc) is 3.89. The molecule has 1 amide bonds. The van der Waals surface area contributed by atoms with Crippen molar-refractivity contribution in [2.45, 2.75) is 70.3 Å². The smallest absolute Gasteiger partial charge is 0.257 e. The summed E-state index contributed by atoms with van der Waals surface area (Å²) in [5.41, 5.74) is 3.11. The average molecular weight is 750 g/mol. The molecular formula is C42H44F5N3O4. The summed E-state index contributed by atoms with van der Waals surface area (Å²) < 4.78 is 83.1. The van der Waals surface area contributed by atoms with E-state index < -0.39 is 46.8 Å². The second-order valence-corrected chi connectivity index (χ2v) is 14.5. The molecule has 286 valence electrons. The number of aliphatic hydroxyl groups excluding tert-OH is 1. The molecule has 0 bridgehead atoms. The highest BCUT2D eigenvalue weighted by Crippen LogP contribution is 2.43. The zero-order valence-corrected chi connectivity index (χ0v) is 30.0. The van der Waals surface area contributed by atoms with Gasteiger partial charge in [-0.25, -0.2) is 22.0 Å². The van der Waals surface area contributed by atoms with Crippen molar-refractivity contribution in [1.29, 1.82) is 0 Å². The maximum absolute atomic E-state index is 14.3. The van der Waals surface area contributed by atoms with Gasteiger partial charge in [0.25, 0.3) is 5.91 Å². The van der Waals surface area contributed by atoms with Crippen LogP contribution >= 0.6 is 0 Å². The number of halogens is 5. The third kappa shape index (κ3) is 7.94. The van der Waals surface area contributed by atoms with Gasteiger partial charge in [0, 0.05) is 37.2 Å². The lowest BCUT2D eigenvalue weighted by atomic mass is 9.89. The summed E-state index contributed by atoms with van der Waals surface area (Å²) in [4.78, 5) is 17.8. The molecule has 0 saturated carbocycles. The van der Waals surface area contributed by atoms with Crippen LogP contribution in [0.4, 0.5) is 22.0 Å². The van der Waals surface area contributed by atoms with Gasteiger partial charge in [-0.1, -0.05) is 79.7 Å². The molecule has 5 atom stereocenters. The van der Waals surface area contributed by atoms with Gasteiger partial charge >= 0.3 is 0 Å². The number of likely N-dealkylation sites (tertiary alicyclic amines) is 2. The Labute approximate surface area is 311 Å². The molecule has 7 rings (SSSR count). The first-order chi connectivity index (χ1) is 26.1. The highest BCUT2D eigenvalue weighted by atomic mass is 19.2. The van der Waals surface area contributed by atoms with E-state index in [0.717, 1.165) is 61.4 Å². The number of benzene rings is 4. The Bertz CT molecular complexity index is 1910. The number of nitrogens with zero attached hydrogens (tertiary/aromatic N) is 2. The van der Waals surface area contributed by atoms with Crippen molar-refractivity contribution in [2.24, 2.45) is 5.92 Å². The minimum atomic E-state index is -2.33. The van der Waals surface area contributed by atoms with Crippen molar-refractivity contribution >= 4 is 5.91 Å². The maximum atomic E-state index is 14.3. The molecule has 0 aliphatic carbocycles. The van der Waals surface area contributed by atoms with Gasteiger partial charge in [-0.05, 0) is 73.1 Å². The number of hydrogen-bond donors (Lipinski definition) is 2. The fourth-order valence-electron chi connectivity index (χ4n) is 8.01. The van der Waals surface area contributed by atoms with Crippen molar-refractivity contribution < 1.29 is 41.3 Å². The molecule has 7 nitrogen and oxygen atoms in total. The van der Waals surface area contributed by atoms with Crippen LogP contribution in [0.1, 0.15) is 77.6 Å². The quantitative estimate of drug-likeness (QED) is 0.0926. The molecule has 3 fully saturated rings. The van der Waals surface area contributed by atoms with Gasteiger partial charge in [-0.3, -0.25) is 9.69 Å². The highest BCUT2D eigenvalue weighted by Gasteiger charge is 2.41. The lowest BCUT2D eigenvalue weighted by Gasteiger charge is -2.43. The maximum Gasteiger partial charge on any atom is 0.257 e. The van der Waals surface area contributed by atoms with Crippen molar-refractivity contribution in [2.75, 3.05) is 32.7 Å². The molecule has 0 aromatic heterocycles. The second-order valence-electron chi connectivity index (χ2n) is 14.5. The van der Waals surface area contributed by atoms with E-state index in [2.05, 4.69) is 22.0 Å². The van der Waals surface area contributed by atoms with Gasteiger partial charge in [0.1, 0.15) is 5.56 Å². The molecule has 3 saturated heterocycles. The Morgan fingerprint density at radius 3 is 2.11 bits per heavy atom. The zero-order valence-electron chi connectivity index (χ0n) is 30.0. The van der Waals surface area contributed by atoms with E-state index in [1.54, 1.807) is 24.3 Å². The normalized spacial score (nSPS) is 23.6. The molecule has 2 N–H and O–H groups in total. The molecule has 0 unspecified atom stereocenters. The predicted molar refractivity (Wildman–Crippen MR) is 193 cm³/mol. The summed E-state index contributed by atoms with van der Waals surface area (Å²) >= 11 is 0. The second kappa shape index (κ2) is 16.7. The van der Waals surface area contributed by atoms with Crippen molar-refractivity contribution in [3.05, 3.63) is 130 Å². The van der Waals surface area contributed by atoms with Crippen LogP contribution < -0.4 is 5.32 Å². The largest absolute Gasteiger partial charge is 0.392 e. The van der Waals surface area contributed by atoms with Crippen LogP contribution in [0.2, 0.25) is 0 Å². The number of rotatable bonds is 11. The van der Waals surface area contributed by atoms with Gasteiger partial charge in [0.05, 0.1) is 18.8 Å². The third-order valence-electron chi connectivity index (χ3n) is 11.1. The Kier molecular flexibility index (Phi) is 11.8. The number of ether oxygens (including phenoxy) is 2. The fraction of sp³-hybridized carbons (Fsp3) is 0.405. The number of amides is 1. The van der Waals surface area contributed by atoms with E-state index in [-0.39, 0.29) is 31.3 Å². The van der Waals surface area contributed by atoms with Gasteiger partial charge in [0.15, 0.2) is 29.6 Å². The summed E-state index contributed by atoms with van der Waals surface area (Å²) in [5, 5.41) is 11.9. The van der Waals surface area contributed by atoms with Crippen molar-refractivity contribution in [3.63, 3.8) is 0 Å². The molecule has 12 heteroatoms. The Morgan fingerprint density at radius 2 is 1.43 bits per heavy atom. The van der Waals surface area contributed by atoms with Crippen LogP contribution in [0, 0.1) is 35.0 Å². The first-order valence-corrected chi connectivity index (χ1v) is 18.6. The third-order valence-corrected chi connectivity index (χ3v) is 11.1. The molecule has 54 heavy (non-hydrogen) atoms. The number of nitrogens with one attached hydrogen (secondary N) is 1. The van der Waals surface area contributed by atoms with E-state index in [1.807, 2.05) is 48.5 Å². The van der Waals surface area contributed by atoms with E-state index in [1.165, 1.54) is 19.3 Å². The first-order valence-electron chi connectivity index (χ1n) is 18.6. The molecule has 0 radical (unpaired) electrons. The zero-order chi connectivity index (χ0) is 37.9. The van der Waals surface area contributed by atoms with E-state index in [9.17, 15) is 31.9 Å². The first kappa shape index (κ1) is 38.1. The van der Waals surface area contributed by atoms with Crippen LogP contribution in [0.15, 0.2) is 72.8 Å². The monoisotopic (exact) mass is 749 g/mol. The van der Waals surface area contributed by atoms with E-state index in [0.29, 0.717) is 17.2 Å². The summed E-state index contributed by atoms with van der Waals surface area (Å²) in [6.07, 6.45) is 3.81. The number of carbonyl (C=O) groups is 1. The van der Waals surface area contributed by atoms with Crippen LogP contribution in [-0.4, -0.2) is 65.7 Å². The van der Waals surface area contributed by atoms with Gasteiger partial charge < -0.3 is 24.8 Å². The summed E-state index contributed by atoms with van der Waals surface area (Å²) in [6, 6.07) is 22.9. The molecule has 4 aromatic rings. The van der Waals surface area contributed by atoms with Crippen LogP contribution in [-0.2, 0) is 22.6 Å². The molecule has 3 aliphatic heterocycles. The topological polar surface area (TPSA) is 74.3 Å². The molecule has 3 aliphatic rings. The molecular weight excluding hydrogens is 705 g/mol. The van der Waals surface area contributed by atoms with Gasteiger partial charge in [-0.2, -0.15) is 0 Å². The van der Waals surface area contributed by atoms with E-state index >= 15 is 0 Å². The summed E-state index contributed by atoms with van der Waals surface area (Å²) in [5.74, 6) is -12.5. The summed E-state index contributed by atoms with van der Waals surface area (Å²) in [7, 11) is 0. The lowest BCUT2D eigenvalue weighted by Crippen LogP contribution is -2.48. The number of hydrogen-bond acceptors (Lipinski definition) is 6. The SMILES string of the molecule is C[C@H]1[C@@H](CN2CCC[C@H]2CN2CCCC2)O[C@@H](c2ccc(-c3ccccc3CNC(=O)c3c(F)c(F)c(F)c(F)c3F)cc2)O[C@H]1c1ccc(CO)cc1. The standard InChI is InChI=1S/C42H44F5N3O4/c1-25-33(23-50-20-6-8-31(50)22-49-18-4-5-19-49)53-42(54-40(25)28-12-10-26(24-51)11-13-28)29-16-14-27(15-17-29)32-9-3-2-7-30(32)21-48-41(52)34-35(43)37(45)39(47)38(46)36(34)44/h2-3,7,9-17,25,31,33,40,42,51H,4-6,8,18-24H2,1H3,(H,48,52)/t25-,31-,33+,40+,42+/m0/s1. The molecule has 4 aromatic carbocycles. The minimum Gasteiger partial charge on any atom is -0.392 e. The number of aliphatic hydroxyl groups is 1. The summed E-state index contributed by atoms with van der Waals surface area (Å²) in [6.45, 7) is 7.10. The van der Waals surface area contributed by atoms with Crippen LogP contribution in [0.5, 0.6) is 0 Å². The minimum absolute atomic E-state index is 0.0421. The Balaban J connectivity index is 1.10. The van der Waals surface area contributed by atoms with E-state index in [4.69, 9.17) is 9.47 Å². The number of carbonyl (C=O) groups excluding carboxylic acids is 1.